The smallest absolute Gasteiger partial charge is 0.248 e. The molecule has 1 fully saturated rings. The van der Waals surface area contributed by atoms with E-state index < -0.39 is 0 Å². The van der Waals surface area contributed by atoms with E-state index in [1.807, 2.05) is 0 Å². The lowest BCUT2D eigenvalue weighted by Gasteiger charge is -2.22. The number of methoxy groups -OCH3 is 1. The summed E-state index contributed by atoms with van der Waals surface area (Å²) < 4.78 is 4.93. The first kappa shape index (κ1) is 15.7. The van der Waals surface area contributed by atoms with Crippen molar-refractivity contribution >= 4 is 18.3 Å². The molecule has 1 aliphatic rings. The van der Waals surface area contributed by atoms with Gasteiger partial charge in [0.25, 0.3) is 0 Å². The van der Waals surface area contributed by atoms with Crippen molar-refractivity contribution in [1.29, 1.82) is 0 Å². The molecule has 4 nitrogen and oxygen atoms in total. The SMILES string of the molecule is COC(C)C(=O)NCCC1CCCNC1.Cl. The van der Waals surface area contributed by atoms with Gasteiger partial charge in [-0.3, -0.25) is 4.79 Å². The Labute approximate surface area is 104 Å². The lowest BCUT2D eigenvalue weighted by Crippen LogP contribution is -2.37. The molecule has 1 amide bonds. The Bertz CT molecular complexity index is 196. The largest absolute Gasteiger partial charge is 0.372 e. The van der Waals surface area contributed by atoms with E-state index in [1.54, 1.807) is 14.0 Å². The molecule has 0 saturated carbocycles. The predicted molar refractivity (Wildman–Crippen MR) is 66.9 cm³/mol. The second-order valence-corrected chi connectivity index (χ2v) is 4.17. The zero-order chi connectivity index (χ0) is 11.1. The Morgan fingerprint density at radius 2 is 2.38 bits per heavy atom. The number of amides is 1. The number of hydrogen-bond acceptors (Lipinski definition) is 3. The number of ether oxygens (including phenoxy) is 1. The summed E-state index contributed by atoms with van der Waals surface area (Å²) in [5.41, 5.74) is 0. The molecule has 1 saturated heterocycles. The predicted octanol–water partition coefficient (Wildman–Crippen LogP) is 0.949. The van der Waals surface area contributed by atoms with Crippen LogP contribution in [0.5, 0.6) is 0 Å². The van der Waals surface area contributed by atoms with Crippen molar-refractivity contribution in [3.63, 3.8) is 0 Å². The summed E-state index contributed by atoms with van der Waals surface area (Å²) in [4.78, 5) is 11.4. The molecule has 2 atom stereocenters. The summed E-state index contributed by atoms with van der Waals surface area (Å²) in [6, 6.07) is 0. The molecule has 1 rings (SSSR count). The van der Waals surface area contributed by atoms with Crippen LogP contribution in [0.2, 0.25) is 0 Å². The average Bonchev–Trinajstić information content (AvgIpc) is 2.29. The molecule has 0 aromatic heterocycles. The van der Waals surface area contributed by atoms with Gasteiger partial charge in [-0.2, -0.15) is 0 Å². The first-order valence-corrected chi connectivity index (χ1v) is 5.75. The minimum Gasteiger partial charge on any atom is -0.372 e. The van der Waals surface area contributed by atoms with Crippen molar-refractivity contribution in [2.24, 2.45) is 5.92 Å². The first-order chi connectivity index (χ1) is 7.24. The molecule has 0 radical (unpaired) electrons. The first-order valence-electron chi connectivity index (χ1n) is 5.75. The molecule has 0 aromatic carbocycles. The van der Waals surface area contributed by atoms with Gasteiger partial charge < -0.3 is 15.4 Å². The number of carbonyl (C=O) groups excluding carboxylic acids is 1. The maximum Gasteiger partial charge on any atom is 0.248 e. The lowest BCUT2D eigenvalue weighted by atomic mass is 9.96. The van der Waals surface area contributed by atoms with Crippen molar-refractivity contribution in [1.82, 2.24) is 10.6 Å². The number of nitrogens with one attached hydrogen (secondary N) is 2. The summed E-state index contributed by atoms with van der Waals surface area (Å²) in [5, 5.41) is 6.26. The van der Waals surface area contributed by atoms with Gasteiger partial charge in [0.05, 0.1) is 0 Å². The Hall–Kier alpha value is -0.320. The third-order valence-electron chi connectivity index (χ3n) is 2.97. The van der Waals surface area contributed by atoms with Crippen molar-refractivity contribution < 1.29 is 9.53 Å². The Balaban J connectivity index is 0.00000225. The second-order valence-electron chi connectivity index (χ2n) is 4.17. The van der Waals surface area contributed by atoms with Crippen LogP contribution in [0, 0.1) is 5.92 Å². The zero-order valence-electron chi connectivity index (χ0n) is 10.1. The van der Waals surface area contributed by atoms with E-state index in [2.05, 4.69) is 10.6 Å². The third-order valence-corrected chi connectivity index (χ3v) is 2.97. The molecule has 1 aliphatic heterocycles. The van der Waals surface area contributed by atoms with Crippen LogP contribution in [-0.2, 0) is 9.53 Å². The molecule has 1 heterocycles. The maximum absolute atomic E-state index is 11.4. The fourth-order valence-electron chi connectivity index (χ4n) is 1.82. The Morgan fingerprint density at radius 3 is 2.94 bits per heavy atom. The molecular weight excluding hydrogens is 228 g/mol. The number of hydrogen-bond donors (Lipinski definition) is 2. The summed E-state index contributed by atoms with van der Waals surface area (Å²) in [6.07, 6.45) is 3.26. The zero-order valence-corrected chi connectivity index (χ0v) is 10.9. The summed E-state index contributed by atoms with van der Waals surface area (Å²) >= 11 is 0. The van der Waals surface area contributed by atoms with Crippen LogP contribution < -0.4 is 10.6 Å². The minimum absolute atomic E-state index is 0. The Kier molecular flexibility index (Phi) is 8.61. The number of rotatable bonds is 5. The van der Waals surface area contributed by atoms with Crippen molar-refractivity contribution in [2.45, 2.75) is 32.3 Å². The van der Waals surface area contributed by atoms with Gasteiger partial charge in [0.15, 0.2) is 0 Å². The van der Waals surface area contributed by atoms with E-state index in [9.17, 15) is 4.79 Å². The highest BCUT2D eigenvalue weighted by atomic mass is 35.5. The molecule has 0 spiro atoms. The topological polar surface area (TPSA) is 50.4 Å². The molecule has 0 aromatic rings. The molecule has 0 bridgehead atoms. The van der Waals surface area contributed by atoms with Gasteiger partial charge in [0.1, 0.15) is 6.10 Å². The molecule has 16 heavy (non-hydrogen) atoms. The Morgan fingerprint density at radius 1 is 1.62 bits per heavy atom. The van der Waals surface area contributed by atoms with Gasteiger partial charge in [-0.25, -0.2) is 0 Å². The standard InChI is InChI=1S/C11H22N2O2.ClH/c1-9(15-2)11(14)13-7-5-10-4-3-6-12-8-10;/h9-10,12H,3-8H2,1-2H3,(H,13,14);1H. The molecule has 96 valence electrons. The van der Waals surface area contributed by atoms with Crippen LogP contribution in [0.25, 0.3) is 0 Å². The van der Waals surface area contributed by atoms with Crippen LogP contribution in [0.4, 0.5) is 0 Å². The third kappa shape index (κ3) is 5.68. The number of piperidine rings is 1. The second kappa shape index (κ2) is 8.79. The van der Waals surface area contributed by atoms with E-state index in [-0.39, 0.29) is 24.4 Å². The fourth-order valence-corrected chi connectivity index (χ4v) is 1.82. The van der Waals surface area contributed by atoms with Gasteiger partial charge in [0, 0.05) is 13.7 Å². The number of halogens is 1. The van der Waals surface area contributed by atoms with E-state index in [0.717, 1.165) is 32.0 Å². The van der Waals surface area contributed by atoms with Gasteiger partial charge in [-0.1, -0.05) is 0 Å². The molecular formula is C11H23ClN2O2. The normalized spacial score (nSPS) is 22.0. The van der Waals surface area contributed by atoms with Crippen molar-refractivity contribution in [2.75, 3.05) is 26.7 Å². The van der Waals surface area contributed by atoms with Gasteiger partial charge in [-0.15, -0.1) is 12.4 Å². The maximum atomic E-state index is 11.4. The highest BCUT2D eigenvalue weighted by Gasteiger charge is 2.14. The van der Waals surface area contributed by atoms with Crippen LogP contribution >= 0.6 is 12.4 Å². The van der Waals surface area contributed by atoms with Crippen LogP contribution in [0.1, 0.15) is 26.2 Å². The van der Waals surface area contributed by atoms with Gasteiger partial charge in [0.2, 0.25) is 5.91 Å². The van der Waals surface area contributed by atoms with E-state index in [4.69, 9.17) is 4.74 Å². The van der Waals surface area contributed by atoms with E-state index in [1.165, 1.54) is 12.8 Å². The molecule has 5 heteroatoms. The average molecular weight is 251 g/mol. The minimum atomic E-state index is -0.338. The fraction of sp³-hybridized carbons (Fsp3) is 0.909. The summed E-state index contributed by atoms with van der Waals surface area (Å²) in [6.45, 7) is 4.76. The van der Waals surface area contributed by atoms with E-state index >= 15 is 0 Å². The van der Waals surface area contributed by atoms with E-state index in [0.29, 0.717) is 0 Å². The quantitative estimate of drug-likeness (QED) is 0.764. The highest BCUT2D eigenvalue weighted by molar-refractivity contribution is 5.85. The summed E-state index contributed by atoms with van der Waals surface area (Å²) in [7, 11) is 1.55. The van der Waals surface area contributed by atoms with Crippen LogP contribution in [0.15, 0.2) is 0 Å². The van der Waals surface area contributed by atoms with Gasteiger partial charge in [-0.05, 0) is 45.2 Å². The lowest BCUT2D eigenvalue weighted by molar-refractivity contribution is -0.130. The van der Waals surface area contributed by atoms with Crippen LogP contribution in [-0.4, -0.2) is 38.8 Å². The van der Waals surface area contributed by atoms with Crippen molar-refractivity contribution in [3.8, 4) is 0 Å². The molecule has 2 N–H and O–H groups in total. The highest BCUT2D eigenvalue weighted by Crippen LogP contribution is 2.12. The van der Waals surface area contributed by atoms with Crippen molar-refractivity contribution in [3.05, 3.63) is 0 Å². The summed E-state index contributed by atoms with van der Waals surface area (Å²) in [5.74, 6) is 0.707. The van der Waals surface area contributed by atoms with Crippen LogP contribution in [0.3, 0.4) is 0 Å². The van der Waals surface area contributed by atoms with Gasteiger partial charge >= 0.3 is 0 Å². The molecule has 0 aliphatic carbocycles. The molecule has 2 unspecified atom stereocenters. The monoisotopic (exact) mass is 250 g/mol. The number of carbonyl (C=O) groups is 1.